The van der Waals surface area contributed by atoms with Crippen LogP contribution in [0.15, 0.2) is 41.3 Å². The zero-order chi connectivity index (χ0) is 20.6. The zero-order valence-corrected chi connectivity index (χ0v) is 16.4. The minimum absolute atomic E-state index is 0.0224. The SMILES string of the molecule is O=C(CN1Sc2cc(O)ccc2-c2cc(C(F)(F)F)ccc21)NC1CCCCC1. The Morgan fingerprint density at radius 3 is 2.59 bits per heavy atom. The predicted molar refractivity (Wildman–Crippen MR) is 107 cm³/mol. The number of nitrogens with zero attached hydrogens (tertiary/aromatic N) is 1. The molecule has 0 radical (unpaired) electrons. The average molecular weight is 422 g/mol. The van der Waals surface area contributed by atoms with Crippen molar-refractivity contribution >= 4 is 23.5 Å². The number of anilines is 1. The van der Waals surface area contributed by atoms with E-state index in [-0.39, 0.29) is 24.2 Å². The summed E-state index contributed by atoms with van der Waals surface area (Å²) in [5.41, 5.74) is 0.825. The number of phenols is 1. The molecule has 29 heavy (non-hydrogen) atoms. The number of benzene rings is 2. The van der Waals surface area contributed by atoms with Gasteiger partial charge in [0.05, 0.1) is 11.3 Å². The quantitative estimate of drug-likeness (QED) is 0.655. The number of carbonyl (C=O) groups excluding carboxylic acids is 1. The molecule has 0 saturated heterocycles. The Labute approximate surface area is 171 Å². The number of nitrogens with one attached hydrogen (secondary N) is 1. The van der Waals surface area contributed by atoms with Crippen LogP contribution in [0.25, 0.3) is 11.1 Å². The molecular weight excluding hydrogens is 401 g/mol. The van der Waals surface area contributed by atoms with E-state index >= 15 is 0 Å². The number of phenolic OH excluding ortho intramolecular Hbond substituents is 1. The maximum Gasteiger partial charge on any atom is 0.416 e. The van der Waals surface area contributed by atoms with Crippen LogP contribution in [0.5, 0.6) is 5.75 Å². The van der Waals surface area contributed by atoms with Gasteiger partial charge in [-0.05, 0) is 66.8 Å². The maximum absolute atomic E-state index is 13.2. The lowest BCUT2D eigenvalue weighted by Gasteiger charge is -2.32. The highest BCUT2D eigenvalue weighted by atomic mass is 32.2. The van der Waals surface area contributed by atoms with Crippen LogP contribution < -0.4 is 9.62 Å². The number of amides is 1. The molecule has 0 unspecified atom stereocenters. The lowest BCUT2D eigenvalue weighted by Crippen LogP contribution is -2.41. The molecule has 2 aromatic rings. The Morgan fingerprint density at radius 1 is 1.10 bits per heavy atom. The lowest BCUT2D eigenvalue weighted by atomic mass is 9.95. The van der Waals surface area contributed by atoms with Crippen LogP contribution >= 0.6 is 11.9 Å². The third kappa shape index (κ3) is 4.32. The third-order valence-corrected chi connectivity index (χ3v) is 6.39. The number of halogens is 3. The van der Waals surface area contributed by atoms with Gasteiger partial charge in [0.15, 0.2) is 0 Å². The standard InChI is InChI=1S/C21H21F3N2O2S/c22-21(23,24)13-6-9-18-17(10-13)16-8-7-15(27)11-19(16)29-26(18)12-20(28)25-14-4-2-1-3-5-14/h6-11,14,27H,1-5,12H2,(H,25,28). The molecule has 0 bridgehead atoms. The van der Waals surface area contributed by atoms with E-state index in [0.29, 0.717) is 21.7 Å². The number of fused-ring (bicyclic) bond motifs is 3. The van der Waals surface area contributed by atoms with Gasteiger partial charge < -0.3 is 14.7 Å². The molecule has 4 nitrogen and oxygen atoms in total. The first-order valence-corrected chi connectivity index (χ1v) is 10.4. The molecular formula is C21H21F3N2O2S. The van der Waals surface area contributed by atoms with Gasteiger partial charge in [-0.15, -0.1) is 0 Å². The van der Waals surface area contributed by atoms with Crippen LogP contribution in [-0.2, 0) is 11.0 Å². The summed E-state index contributed by atoms with van der Waals surface area (Å²) in [6, 6.07) is 8.29. The van der Waals surface area contributed by atoms with Gasteiger partial charge in [-0.1, -0.05) is 19.3 Å². The van der Waals surface area contributed by atoms with E-state index in [1.54, 1.807) is 10.4 Å². The van der Waals surface area contributed by atoms with Crippen molar-refractivity contribution in [3.8, 4) is 16.9 Å². The van der Waals surface area contributed by atoms with Crippen LogP contribution in [0.4, 0.5) is 18.9 Å². The van der Waals surface area contributed by atoms with Gasteiger partial charge in [-0.2, -0.15) is 13.2 Å². The first kappa shape index (κ1) is 19.9. The largest absolute Gasteiger partial charge is 0.508 e. The highest BCUT2D eigenvalue weighted by Gasteiger charge is 2.33. The van der Waals surface area contributed by atoms with Crippen molar-refractivity contribution < 1.29 is 23.1 Å². The molecule has 1 fully saturated rings. The Bertz CT molecular complexity index is 927. The van der Waals surface area contributed by atoms with Gasteiger partial charge in [0.1, 0.15) is 12.3 Å². The molecule has 1 aliphatic heterocycles. The number of carbonyl (C=O) groups is 1. The van der Waals surface area contributed by atoms with E-state index < -0.39 is 11.7 Å². The van der Waals surface area contributed by atoms with Crippen LogP contribution in [0.3, 0.4) is 0 Å². The van der Waals surface area contributed by atoms with Gasteiger partial charge in [0.25, 0.3) is 0 Å². The summed E-state index contributed by atoms with van der Waals surface area (Å²) < 4.78 is 41.4. The Kier molecular flexibility index (Phi) is 5.38. The summed E-state index contributed by atoms with van der Waals surface area (Å²) >= 11 is 1.25. The van der Waals surface area contributed by atoms with E-state index in [9.17, 15) is 23.1 Å². The van der Waals surface area contributed by atoms with Gasteiger partial charge in [0.2, 0.25) is 5.91 Å². The van der Waals surface area contributed by atoms with E-state index in [2.05, 4.69) is 5.32 Å². The summed E-state index contributed by atoms with van der Waals surface area (Å²) in [6.45, 7) is 0.0224. The normalized spacial score (nSPS) is 16.9. The summed E-state index contributed by atoms with van der Waals surface area (Å²) in [4.78, 5) is 13.2. The number of alkyl halides is 3. The third-order valence-electron chi connectivity index (χ3n) is 5.31. The van der Waals surface area contributed by atoms with E-state index in [1.807, 2.05) is 0 Å². The number of rotatable bonds is 3. The highest BCUT2D eigenvalue weighted by molar-refractivity contribution is 8.01. The second kappa shape index (κ2) is 7.82. The van der Waals surface area contributed by atoms with Crippen molar-refractivity contribution in [1.29, 1.82) is 0 Å². The lowest BCUT2D eigenvalue weighted by molar-refractivity contribution is -0.137. The molecule has 2 N–H and O–H groups in total. The van der Waals surface area contributed by atoms with Gasteiger partial charge in [-0.25, -0.2) is 0 Å². The molecule has 1 saturated carbocycles. The van der Waals surface area contributed by atoms with Crippen molar-refractivity contribution in [2.24, 2.45) is 0 Å². The summed E-state index contributed by atoms with van der Waals surface area (Å²) in [6.07, 6.45) is 0.837. The van der Waals surface area contributed by atoms with E-state index in [1.165, 1.54) is 36.6 Å². The molecule has 0 aromatic heterocycles. The number of aromatic hydroxyl groups is 1. The first-order chi connectivity index (χ1) is 13.8. The van der Waals surface area contributed by atoms with E-state index in [4.69, 9.17) is 0 Å². The van der Waals surface area contributed by atoms with Crippen molar-refractivity contribution in [2.75, 3.05) is 10.8 Å². The van der Waals surface area contributed by atoms with Crippen LogP contribution in [-0.4, -0.2) is 23.6 Å². The van der Waals surface area contributed by atoms with Gasteiger partial charge in [-0.3, -0.25) is 4.79 Å². The Hall–Kier alpha value is -2.35. The summed E-state index contributed by atoms with van der Waals surface area (Å²) in [5, 5.41) is 12.9. The molecule has 2 aromatic carbocycles. The smallest absolute Gasteiger partial charge is 0.416 e. The second-order valence-corrected chi connectivity index (χ2v) is 8.50. The average Bonchev–Trinajstić information content (AvgIpc) is 2.67. The minimum Gasteiger partial charge on any atom is -0.508 e. The molecule has 8 heteroatoms. The molecule has 1 amide bonds. The monoisotopic (exact) mass is 422 g/mol. The molecule has 1 heterocycles. The maximum atomic E-state index is 13.2. The van der Waals surface area contributed by atoms with Crippen LogP contribution in [0.2, 0.25) is 0 Å². The summed E-state index contributed by atoms with van der Waals surface area (Å²) in [5.74, 6) is -0.128. The fourth-order valence-corrected chi connectivity index (χ4v) is 5.02. The Balaban J connectivity index is 1.63. The van der Waals surface area contributed by atoms with Crippen molar-refractivity contribution in [3.05, 3.63) is 42.0 Å². The van der Waals surface area contributed by atoms with Crippen molar-refractivity contribution in [3.63, 3.8) is 0 Å². The molecule has 4 rings (SSSR count). The van der Waals surface area contributed by atoms with Crippen LogP contribution in [0, 0.1) is 0 Å². The topological polar surface area (TPSA) is 52.6 Å². The molecule has 0 spiro atoms. The Morgan fingerprint density at radius 2 is 1.86 bits per heavy atom. The van der Waals surface area contributed by atoms with Crippen LogP contribution in [0.1, 0.15) is 37.7 Å². The molecule has 0 atom stereocenters. The fraction of sp³-hybridized carbons (Fsp3) is 0.381. The minimum atomic E-state index is -4.46. The zero-order valence-electron chi connectivity index (χ0n) is 15.6. The molecule has 1 aliphatic carbocycles. The first-order valence-electron chi connectivity index (χ1n) is 9.61. The highest BCUT2D eigenvalue weighted by Crippen LogP contribution is 2.48. The number of hydrogen-bond donors (Lipinski definition) is 2. The fourth-order valence-electron chi connectivity index (χ4n) is 3.89. The van der Waals surface area contributed by atoms with Crippen molar-refractivity contribution in [2.45, 2.75) is 49.2 Å². The van der Waals surface area contributed by atoms with Gasteiger partial charge in [0, 0.05) is 16.5 Å². The number of hydrogen-bond acceptors (Lipinski definition) is 4. The van der Waals surface area contributed by atoms with Gasteiger partial charge >= 0.3 is 6.18 Å². The second-order valence-electron chi connectivity index (χ2n) is 7.44. The van der Waals surface area contributed by atoms with Crippen molar-refractivity contribution in [1.82, 2.24) is 5.32 Å². The predicted octanol–water partition coefficient (Wildman–Crippen LogP) is 5.35. The molecule has 154 valence electrons. The van der Waals surface area contributed by atoms with E-state index in [0.717, 1.165) is 37.8 Å². The molecule has 2 aliphatic rings. The summed E-state index contributed by atoms with van der Waals surface area (Å²) in [7, 11) is 0.